The second-order valence-electron chi connectivity index (χ2n) is 6.39. The Morgan fingerprint density at radius 1 is 0.964 bits per heavy atom. The van der Waals surface area contributed by atoms with Gasteiger partial charge in [-0.1, -0.05) is 56.3 Å². The van der Waals surface area contributed by atoms with E-state index in [-0.39, 0.29) is 23.8 Å². The van der Waals surface area contributed by atoms with Crippen LogP contribution in [0.1, 0.15) is 29.8 Å². The lowest BCUT2D eigenvalue weighted by Crippen LogP contribution is -2.54. The number of rotatable bonds is 6. The normalized spacial score (nSPS) is 11.4. The molecule has 2 aromatic rings. The van der Waals surface area contributed by atoms with Gasteiger partial charge in [-0.05, 0) is 23.6 Å². The van der Waals surface area contributed by atoms with Crippen LogP contribution in [-0.4, -0.2) is 29.1 Å². The molecule has 0 bridgehead atoms. The Balaban J connectivity index is 1.88. The molecule has 148 valence electrons. The summed E-state index contributed by atoms with van der Waals surface area (Å²) in [6.45, 7) is 3.56. The summed E-state index contributed by atoms with van der Waals surface area (Å²) in [6.07, 6.45) is -0.746. The van der Waals surface area contributed by atoms with Gasteiger partial charge >= 0.3 is 6.09 Å². The van der Waals surface area contributed by atoms with Crippen LogP contribution in [-0.2, 0) is 16.1 Å². The number of carbonyl (C=O) groups is 3. The van der Waals surface area contributed by atoms with Gasteiger partial charge in [0.15, 0.2) is 0 Å². The number of para-hydroxylation sites is 1. The van der Waals surface area contributed by atoms with Crippen LogP contribution >= 0.6 is 0 Å². The summed E-state index contributed by atoms with van der Waals surface area (Å²) in [4.78, 5) is 36.4. The van der Waals surface area contributed by atoms with Gasteiger partial charge in [-0.15, -0.1) is 0 Å². The van der Waals surface area contributed by atoms with Gasteiger partial charge in [0.2, 0.25) is 0 Å². The van der Waals surface area contributed by atoms with E-state index in [2.05, 4.69) is 16.2 Å². The summed E-state index contributed by atoms with van der Waals surface area (Å²) < 4.78 is 5.12. The molecule has 2 rings (SSSR count). The average molecular weight is 385 g/mol. The average Bonchev–Trinajstić information content (AvgIpc) is 2.69. The van der Waals surface area contributed by atoms with Crippen molar-refractivity contribution >= 4 is 17.9 Å². The third kappa shape index (κ3) is 6.01. The smallest absolute Gasteiger partial charge is 0.408 e. The van der Waals surface area contributed by atoms with Crippen molar-refractivity contribution in [2.75, 3.05) is 0 Å². The van der Waals surface area contributed by atoms with Crippen molar-refractivity contribution in [1.29, 1.82) is 0 Å². The number of carbonyl (C=O) groups excluding carboxylic acids is 3. The fourth-order valence-corrected chi connectivity index (χ4v) is 2.36. The van der Waals surface area contributed by atoms with Gasteiger partial charge < -0.3 is 15.2 Å². The lowest BCUT2D eigenvalue weighted by Gasteiger charge is -2.21. The van der Waals surface area contributed by atoms with Crippen LogP contribution in [0.15, 0.2) is 54.6 Å². The van der Waals surface area contributed by atoms with Gasteiger partial charge in [0.05, 0.1) is 5.56 Å². The lowest BCUT2D eigenvalue weighted by atomic mass is 10.0. The molecule has 2 aromatic carbocycles. The van der Waals surface area contributed by atoms with Crippen LogP contribution in [0.2, 0.25) is 0 Å². The molecule has 0 heterocycles. The van der Waals surface area contributed by atoms with Gasteiger partial charge in [0, 0.05) is 0 Å². The Bertz CT molecular complexity index is 824. The first kappa shape index (κ1) is 20.8. The summed E-state index contributed by atoms with van der Waals surface area (Å²) in [5.41, 5.74) is 5.30. The third-order valence-corrected chi connectivity index (χ3v) is 3.88. The highest BCUT2D eigenvalue weighted by molar-refractivity contribution is 5.98. The highest BCUT2D eigenvalue weighted by Gasteiger charge is 2.25. The standard InChI is InChI=1S/C20H23N3O5/c1-13(2)17(21-20(27)28-12-14-8-4-3-5-9-14)19(26)23-22-18(25)15-10-6-7-11-16(15)24/h3-11,13,17,24H,12H2,1-2H3,(H,21,27)(H,22,25)(H,23,26). The first-order valence-electron chi connectivity index (χ1n) is 8.74. The molecular weight excluding hydrogens is 362 g/mol. The fourth-order valence-electron chi connectivity index (χ4n) is 2.36. The minimum Gasteiger partial charge on any atom is -0.507 e. The highest BCUT2D eigenvalue weighted by atomic mass is 16.5. The monoisotopic (exact) mass is 385 g/mol. The molecule has 0 aliphatic carbocycles. The number of benzene rings is 2. The topological polar surface area (TPSA) is 117 Å². The minimum atomic E-state index is -0.923. The predicted molar refractivity (Wildman–Crippen MR) is 102 cm³/mol. The summed E-state index contributed by atoms with van der Waals surface area (Å²) in [5.74, 6) is -1.76. The molecule has 0 aliphatic heterocycles. The second kappa shape index (κ2) is 9.96. The maximum Gasteiger partial charge on any atom is 0.408 e. The molecule has 8 heteroatoms. The van der Waals surface area contributed by atoms with E-state index in [1.807, 2.05) is 30.3 Å². The number of ether oxygens (including phenoxy) is 1. The van der Waals surface area contributed by atoms with Crippen molar-refractivity contribution in [3.05, 3.63) is 65.7 Å². The summed E-state index contributed by atoms with van der Waals surface area (Å²) in [7, 11) is 0. The van der Waals surface area contributed by atoms with Crippen LogP contribution in [0.5, 0.6) is 5.75 Å². The van der Waals surface area contributed by atoms with Crippen LogP contribution < -0.4 is 16.2 Å². The van der Waals surface area contributed by atoms with E-state index < -0.39 is 23.9 Å². The zero-order valence-corrected chi connectivity index (χ0v) is 15.6. The zero-order valence-electron chi connectivity index (χ0n) is 15.6. The highest BCUT2D eigenvalue weighted by Crippen LogP contribution is 2.14. The maximum absolute atomic E-state index is 12.4. The molecule has 3 amide bonds. The Labute approximate surface area is 162 Å². The Morgan fingerprint density at radius 2 is 1.61 bits per heavy atom. The number of phenolic OH excluding ortho intramolecular Hbond substituents is 1. The number of nitrogens with one attached hydrogen (secondary N) is 3. The van der Waals surface area contributed by atoms with E-state index in [4.69, 9.17) is 4.74 Å². The number of aromatic hydroxyl groups is 1. The van der Waals surface area contributed by atoms with E-state index in [0.29, 0.717) is 0 Å². The van der Waals surface area contributed by atoms with Gasteiger partial charge in [-0.3, -0.25) is 20.4 Å². The van der Waals surface area contributed by atoms with Crippen LogP contribution in [0, 0.1) is 5.92 Å². The molecule has 1 atom stereocenters. The molecule has 0 saturated heterocycles. The minimum absolute atomic E-state index is 0.0131. The third-order valence-electron chi connectivity index (χ3n) is 3.88. The van der Waals surface area contributed by atoms with E-state index >= 15 is 0 Å². The summed E-state index contributed by atoms with van der Waals surface area (Å²) in [5, 5.41) is 12.2. The van der Waals surface area contributed by atoms with Gasteiger partial charge in [-0.2, -0.15) is 0 Å². The quantitative estimate of drug-likeness (QED) is 0.568. The molecule has 0 saturated carbocycles. The SMILES string of the molecule is CC(C)C(NC(=O)OCc1ccccc1)C(=O)NNC(=O)c1ccccc1O. The molecule has 0 radical (unpaired) electrons. The summed E-state index contributed by atoms with van der Waals surface area (Å²) in [6, 6.07) is 14.1. The number of hydrogen-bond acceptors (Lipinski definition) is 5. The molecule has 28 heavy (non-hydrogen) atoms. The number of hydrazine groups is 1. The lowest BCUT2D eigenvalue weighted by molar-refractivity contribution is -0.124. The van der Waals surface area contributed by atoms with Crippen molar-refractivity contribution in [2.45, 2.75) is 26.5 Å². The van der Waals surface area contributed by atoms with E-state index in [1.165, 1.54) is 12.1 Å². The Morgan fingerprint density at radius 3 is 2.25 bits per heavy atom. The van der Waals surface area contributed by atoms with Gasteiger partial charge in [0.25, 0.3) is 11.8 Å². The molecule has 1 unspecified atom stereocenters. The predicted octanol–water partition coefficient (Wildman–Crippen LogP) is 2.10. The molecule has 0 aromatic heterocycles. The number of phenols is 1. The largest absolute Gasteiger partial charge is 0.507 e. The molecular formula is C20H23N3O5. The van der Waals surface area contributed by atoms with E-state index in [0.717, 1.165) is 5.56 Å². The van der Waals surface area contributed by atoms with Crippen molar-refractivity contribution in [2.24, 2.45) is 5.92 Å². The molecule has 0 spiro atoms. The molecule has 8 nitrogen and oxygen atoms in total. The van der Waals surface area contributed by atoms with Crippen molar-refractivity contribution < 1.29 is 24.2 Å². The number of amides is 3. The number of alkyl carbamates (subject to hydrolysis) is 1. The fraction of sp³-hybridized carbons (Fsp3) is 0.250. The maximum atomic E-state index is 12.4. The van der Waals surface area contributed by atoms with Gasteiger partial charge in [0.1, 0.15) is 18.4 Å². The first-order valence-corrected chi connectivity index (χ1v) is 8.74. The second-order valence-corrected chi connectivity index (χ2v) is 6.39. The van der Waals surface area contributed by atoms with Crippen molar-refractivity contribution in [1.82, 2.24) is 16.2 Å². The summed E-state index contributed by atoms with van der Waals surface area (Å²) >= 11 is 0. The molecule has 4 N–H and O–H groups in total. The number of hydrogen-bond donors (Lipinski definition) is 4. The Hall–Kier alpha value is -3.55. The molecule has 0 aliphatic rings. The Kier molecular flexibility index (Phi) is 7.38. The first-order chi connectivity index (χ1) is 13.4. The van der Waals surface area contributed by atoms with E-state index in [1.54, 1.807) is 26.0 Å². The van der Waals surface area contributed by atoms with E-state index in [9.17, 15) is 19.5 Å². The zero-order chi connectivity index (χ0) is 20.5. The van der Waals surface area contributed by atoms with Crippen molar-refractivity contribution in [3.63, 3.8) is 0 Å². The van der Waals surface area contributed by atoms with Crippen LogP contribution in [0.4, 0.5) is 4.79 Å². The van der Waals surface area contributed by atoms with Crippen LogP contribution in [0.25, 0.3) is 0 Å². The van der Waals surface area contributed by atoms with Crippen LogP contribution in [0.3, 0.4) is 0 Å². The van der Waals surface area contributed by atoms with Gasteiger partial charge in [-0.25, -0.2) is 4.79 Å². The van der Waals surface area contributed by atoms with Crippen molar-refractivity contribution in [3.8, 4) is 5.75 Å². The molecule has 0 fully saturated rings.